The molecular weight excluding hydrogens is 366 g/mol. The summed E-state index contributed by atoms with van der Waals surface area (Å²) in [5.74, 6) is 1.00. The van der Waals surface area contributed by atoms with Crippen LogP contribution in [0.5, 0.6) is 17.2 Å². The maximum Gasteiger partial charge on any atom is 0.346 e. The lowest BCUT2D eigenvalue weighted by molar-refractivity contribution is 0.0461. The van der Waals surface area contributed by atoms with Gasteiger partial charge in [-0.05, 0) is 24.3 Å². The zero-order chi connectivity index (χ0) is 19.2. The number of esters is 1. The third-order valence-electron chi connectivity index (χ3n) is 3.87. The van der Waals surface area contributed by atoms with Gasteiger partial charge in [-0.2, -0.15) is 0 Å². The number of thiazole rings is 1. The molecule has 0 atom stereocenters. The van der Waals surface area contributed by atoms with Gasteiger partial charge in [0.1, 0.15) is 34.4 Å². The molecule has 7 heteroatoms. The number of rotatable bonds is 7. The normalized spacial score (nSPS) is 10.3. The Morgan fingerprint density at radius 2 is 1.56 bits per heavy atom. The molecular formula is C20H19NO5S. The third-order valence-corrected chi connectivity index (χ3v) is 4.80. The first-order valence-corrected chi connectivity index (χ1v) is 9.01. The fourth-order valence-corrected chi connectivity index (χ4v) is 3.42. The van der Waals surface area contributed by atoms with Crippen molar-refractivity contribution >= 4 is 17.3 Å². The second-order valence-corrected chi connectivity index (χ2v) is 6.32. The fraction of sp³-hybridized carbons (Fsp3) is 0.200. The van der Waals surface area contributed by atoms with Gasteiger partial charge in [0, 0.05) is 5.38 Å². The number of ether oxygens (including phenoxy) is 4. The minimum absolute atomic E-state index is 0.0473. The predicted octanol–water partition coefficient (Wildman–Crippen LogP) is 4.19. The molecule has 0 bridgehead atoms. The van der Waals surface area contributed by atoms with E-state index in [4.69, 9.17) is 18.9 Å². The summed E-state index contributed by atoms with van der Waals surface area (Å²) in [7, 11) is 4.60. The highest BCUT2D eigenvalue weighted by molar-refractivity contribution is 7.13. The van der Waals surface area contributed by atoms with Gasteiger partial charge in [0.2, 0.25) is 0 Å². The zero-order valence-corrected chi connectivity index (χ0v) is 16.0. The molecule has 3 aromatic rings. The Balaban J connectivity index is 1.75. The minimum Gasteiger partial charge on any atom is -0.496 e. The van der Waals surface area contributed by atoms with E-state index >= 15 is 0 Å². The van der Waals surface area contributed by atoms with Gasteiger partial charge < -0.3 is 18.9 Å². The molecule has 0 spiro atoms. The highest BCUT2D eigenvalue weighted by Crippen LogP contribution is 2.32. The molecule has 0 fully saturated rings. The van der Waals surface area contributed by atoms with Gasteiger partial charge in [-0.15, -0.1) is 11.3 Å². The average molecular weight is 385 g/mol. The fourth-order valence-electron chi connectivity index (χ4n) is 2.58. The average Bonchev–Trinajstić information content (AvgIpc) is 3.20. The molecule has 0 saturated heterocycles. The highest BCUT2D eigenvalue weighted by atomic mass is 32.1. The number of nitrogens with zero attached hydrogens (tertiary/aromatic N) is 1. The van der Waals surface area contributed by atoms with Crippen molar-refractivity contribution in [2.75, 3.05) is 21.3 Å². The molecule has 0 saturated carbocycles. The Bertz CT molecular complexity index is 915. The zero-order valence-electron chi connectivity index (χ0n) is 15.2. The molecule has 0 aliphatic carbocycles. The van der Waals surface area contributed by atoms with E-state index in [9.17, 15) is 4.79 Å². The van der Waals surface area contributed by atoms with Crippen molar-refractivity contribution in [3.8, 4) is 27.8 Å². The summed E-state index contributed by atoms with van der Waals surface area (Å²) in [4.78, 5) is 17.1. The van der Waals surface area contributed by atoms with Gasteiger partial charge in [-0.3, -0.25) is 0 Å². The molecule has 0 radical (unpaired) electrons. The maximum atomic E-state index is 12.5. The van der Waals surface area contributed by atoms with Crippen LogP contribution in [0.15, 0.2) is 47.8 Å². The smallest absolute Gasteiger partial charge is 0.346 e. The summed E-state index contributed by atoms with van der Waals surface area (Å²) in [6, 6.07) is 12.8. The van der Waals surface area contributed by atoms with E-state index in [-0.39, 0.29) is 12.2 Å². The molecule has 0 amide bonds. The second-order valence-electron chi connectivity index (χ2n) is 5.46. The molecule has 140 valence electrons. The summed E-state index contributed by atoms with van der Waals surface area (Å²) in [6.45, 7) is 0.0473. The van der Waals surface area contributed by atoms with E-state index in [1.54, 1.807) is 25.3 Å². The van der Waals surface area contributed by atoms with Crippen LogP contribution in [0.3, 0.4) is 0 Å². The van der Waals surface area contributed by atoms with Gasteiger partial charge in [-0.1, -0.05) is 18.2 Å². The Hall–Kier alpha value is -3.06. The van der Waals surface area contributed by atoms with Gasteiger partial charge >= 0.3 is 5.97 Å². The van der Waals surface area contributed by atoms with Crippen LogP contribution in [-0.4, -0.2) is 32.3 Å². The first kappa shape index (κ1) is 18.7. The molecule has 27 heavy (non-hydrogen) atoms. The summed E-state index contributed by atoms with van der Waals surface area (Å²) in [5, 5.41) is 2.66. The standard InChI is InChI=1S/C20H19NO5S/c1-23-15-8-5-4-7-14(15)19-21-13(12-27-19)11-26-20(22)18-16(24-2)9-6-10-17(18)25-3/h4-10,12H,11H2,1-3H3. The molecule has 1 heterocycles. The van der Waals surface area contributed by atoms with Crippen LogP contribution in [0.1, 0.15) is 16.1 Å². The number of hydrogen-bond acceptors (Lipinski definition) is 7. The highest BCUT2D eigenvalue weighted by Gasteiger charge is 2.20. The predicted molar refractivity (Wildman–Crippen MR) is 103 cm³/mol. The van der Waals surface area contributed by atoms with Crippen molar-refractivity contribution in [3.63, 3.8) is 0 Å². The molecule has 1 aromatic heterocycles. The maximum absolute atomic E-state index is 12.5. The Kier molecular flexibility index (Phi) is 5.93. The van der Waals surface area contributed by atoms with Crippen molar-refractivity contribution in [2.24, 2.45) is 0 Å². The lowest BCUT2D eigenvalue weighted by atomic mass is 10.2. The van der Waals surface area contributed by atoms with E-state index in [1.165, 1.54) is 25.6 Å². The molecule has 0 aliphatic rings. The van der Waals surface area contributed by atoms with Gasteiger partial charge in [-0.25, -0.2) is 9.78 Å². The van der Waals surface area contributed by atoms with Crippen LogP contribution >= 0.6 is 11.3 Å². The van der Waals surface area contributed by atoms with Crippen LogP contribution in [0.2, 0.25) is 0 Å². The van der Waals surface area contributed by atoms with Crippen LogP contribution < -0.4 is 14.2 Å². The third kappa shape index (κ3) is 4.03. The van der Waals surface area contributed by atoms with Crippen LogP contribution in [-0.2, 0) is 11.3 Å². The first-order valence-electron chi connectivity index (χ1n) is 8.13. The molecule has 3 rings (SSSR count). The van der Waals surface area contributed by atoms with E-state index < -0.39 is 5.97 Å². The van der Waals surface area contributed by atoms with Gasteiger partial charge in [0.05, 0.1) is 32.6 Å². The quantitative estimate of drug-likeness (QED) is 0.568. The van der Waals surface area contributed by atoms with Crippen molar-refractivity contribution in [1.29, 1.82) is 0 Å². The van der Waals surface area contributed by atoms with E-state index in [0.29, 0.717) is 17.2 Å². The number of para-hydroxylation sites is 1. The number of benzene rings is 2. The molecule has 0 aliphatic heterocycles. The van der Waals surface area contributed by atoms with Crippen molar-refractivity contribution in [3.05, 3.63) is 59.1 Å². The topological polar surface area (TPSA) is 66.9 Å². The lowest BCUT2D eigenvalue weighted by Crippen LogP contribution is -2.09. The van der Waals surface area contributed by atoms with E-state index in [2.05, 4.69) is 4.98 Å². The van der Waals surface area contributed by atoms with Crippen LogP contribution in [0.4, 0.5) is 0 Å². The van der Waals surface area contributed by atoms with E-state index in [0.717, 1.165) is 16.3 Å². The second kappa shape index (κ2) is 8.55. The largest absolute Gasteiger partial charge is 0.496 e. The van der Waals surface area contributed by atoms with Crippen molar-refractivity contribution in [1.82, 2.24) is 4.98 Å². The minimum atomic E-state index is -0.531. The summed E-state index contributed by atoms with van der Waals surface area (Å²) >= 11 is 1.46. The SMILES string of the molecule is COc1ccccc1-c1nc(COC(=O)c2c(OC)cccc2OC)cs1. The number of carbonyl (C=O) groups is 1. The molecule has 6 nitrogen and oxygen atoms in total. The van der Waals surface area contributed by atoms with E-state index in [1.807, 2.05) is 29.6 Å². The first-order chi connectivity index (χ1) is 13.2. The molecule has 0 unspecified atom stereocenters. The van der Waals surface area contributed by atoms with Gasteiger partial charge in [0.15, 0.2) is 0 Å². The molecule has 2 aromatic carbocycles. The number of aromatic nitrogens is 1. The van der Waals surface area contributed by atoms with Crippen LogP contribution in [0, 0.1) is 0 Å². The number of carbonyl (C=O) groups excluding carboxylic acids is 1. The van der Waals surface area contributed by atoms with Crippen molar-refractivity contribution < 1.29 is 23.7 Å². The monoisotopic (exact) mass is 385 g/mol. The number of methoxy groups -OCH3 is 3. The summed E-state index contributed by atoms with van der Waals surface area (Å²) in [6.07, 6.45) is 0. The Morgan fingerprint density at radius 3 is 2.22 bits per heavy atom. The lowest BCUT2D eigenvalue weighted by Gasteiger charge is -2.11. The molecule has 0 N–H and O–H groups in total. The number of hydrogen-bond donors (Lipinski definition) is 0. The Labute approximate surface area is 161 Å². The summed E-state index contributed by atoms with van der Waals surface area (Å²) in [5.41, 5.74) is 1.81. The van der Waals surface area contributed by atoms with Crippen LogP contribution in [0.25, 0.3) is 10.6 Å². The van der Waals surface area contributed by atoms with Crippen molar-refractivity contribution in [2.45, 2.75) is 6.61 Å². The summed E-state index contributed by atoms with van der Waals surface area (Å²) < 4.78 is 21.3. The van der Waals surface area contributed by atoms with Gasteiger partial charge in [0.25, 0.3) is 0 Å². The Morgan fingerprint density at radius 1 is 0.926 bits per heavy atom.